The van der Waals surface area contributed by atoms with Crippen LogP contribution in [0.4, 0.5) is 22.6 Å². The summed E-state index contributed by atoms with van der Waals surface area (Å²) in [5, 5.41) is 12.3. The number of nitrogens with one attached hydrogen (secondary N) is 1. The highest BCUT2D eigenvalue weighted by Crippen LogP contribution is 2.37. The van der Waals surface area contributed by atoms with Crippen LogP contribution in [-0.2, 0) is 17.6 Å². The molecule has 1 heterocycles. The van der Waals surface area contributed by atoms with Gasteiger partial charge in [0.25, 0.3) is 5.91 Å². The average molecular weight is 412 g/mol. The van der Waals surface area contributed by atoms with Crippen LogP contribution in [0.15, 0.2) is 6.07 Å². The highest BCUT2D eigenvalue weighted by Gasteiger charge is 2.27. The number of nitrogens with zero attached hydrogens (tertiary/aromatic N) is 1. The second kappa shape index (κ2) is 8.19. The fourth-order valence-corrected chi connectivity index (χ4v) is 4.29. The molecule has 0 radical (unpaired) electrons. The van der Waals surface area contributed by atoms with Crippen molar-refractivity contribution in [3.05, 3.63) is 45.3 Å². The van der Waals surface area contributed by atoms with Crippen molar-refractivity contribution in [1.82, 2.24) is 0 Å². The lowest BCUT2D eigenvalue weighted by molar-refractivity contribution is -0.122. The molecule has 1 aromatic carbocycles. The Balaban J connectivity index is 1.80. The van der Waals surface area contributed by atoms with Gasteiger partial charge in [0, 0.05) is 10.9 Å². The summed E-state index contributed by atoms with van der Waals surface area (Å²) in [6, 6.07) is 2.15. The Morgan fingerprint density at radius 3 is 2.46 bits per heavy atom. The minimum atomic E-state index is -1.72. The maximum atomic E-state index is 13.7. The number of benzene rings is 1. The van der Waals surface area contributed by atoms with Crippen LogP contribution in [0.5, 0.6) is 5.75 Å². The Kier molecular flexibility index (Phi) is 5.89. The van der Waals surface area contributed by atoms with Gasteiger partial charge in [-0.25, -0.2) is 8.78 Å². The predicted octanol–water partition coefficient (Wildman–Crippen LogP) is 4.85. The Morgan fingerprint density at radius 1 is 1.18 bits per heavy atom. The summed E-state index contributed by atoms with van der Waals surface area (Å²) in [5.74, 6) is -8.80. The number of ether oxygens (including phenoxy) is 1. The van der Waals surface area contributed by atoms with Crippen LogP contribution < -0.4 is 10.1 Å². The fraction of sp³-hybridized carbons (Fsp3) is 0.368. The number of thiophene rings is 1. The third-order valence-corrected chi connectivity index (χ3v) is 5.71. The lowest BCUT2D eigenvalue weighted by Gasteiger charge is -2.15. The largest absolute Gasteiger partial charge is 0.475 e. The molecule has 1 aromatic heterocycles. The van der Waals surface area contributed by atoms with Crippen molar-refractivity contribution in [2.75, 3.05) is 5.32 Å². The van der Waals surface area contributed by atoms with Crippen molar-refractivity contribution >= 4 is 22.2 Å². The lowest BCUT2D eigenvalue weighted by atomic mass is 10.1. The second-order valence-electron chi connectivity index (χ2n) is 6.43. The topological polar surface area (TPSA) is 62.1 Å². The van der Waals surface area contributed by atoms with E-state index in [9.17, 15) is 27.6 Å². The number of halogens is 4. The van der Waals surface area contributed by atoms with E-state index in [1.165, 1.54) is 18.3 Å². The Morgan fingerprint density at radius 2 is 1.82 bits per heavy atom. The second-order valence-corrected chi connectivity index (χ2v) is 7.53. The van der Waals surface area contributed by atoms with Crippen LogP contribution >= 0.6 is 11.3 Å². The van der Waals surface area contributed by atoms with Gasteiger partial charge in [0.1, 0.15) is 11.1 Å². The first-order chi connectivity index (χ1) is 13.3. The molecule has 1 aliphatic carbocycles. The van der Waals surface area contributed by atoms with Crippen molar-refractivity contribution in [2.45, 2.75) is 45.1 Å². The number of fused-ring (bicyclic) bond motifs is 1. The van der Waals surface area contributed by atoms with Gasteiger partial charge in [0.05, 0.1) is 5.56 Å². The fourth-order valence-electron chi connectivity index (χ4n) is 3.05. The quantitative estimate of drug-likeness (QED) is 0.444. The van der Waals surface area contributed by atoms with Gasteiger partial charge in [-0.1, -0.05) is 6.42 Å². The van der Waals surface area contributed by atoms with Crippen LogP contribution in [0.2, 0.25) is 0 Å². The molecule has 0 unspecified atom stereocenters. The number of hydrogen-bond acceptors (Lipinski definition) is 4. The molecule has 1 N–H and O–H groups in total. The van der Waals surface area contributed by atoms with Gasteiger partial charge in [0.15, 0.2) is 23.5 Å². The molecule has 9 heteroatoms. The van der Waals surface area contributed by atoms with Crippen molar-refractivity contribution in [3.8, 4) is 11.8 Å². The van der Waals surface area contributed by atoms with E-state index >= 15 is 0 Å². The Bertz CT molecular complexity index is 942. The molecular weight excluding hydrogens is 396 g/mol. The van der Waals surface area contributed by atoms with E-state index in [0.717, 1.165) is 42.5 Å². The van der Waals surface area contributed by atoms with Crippen LogP contribution in [0, 0.1) is 34.6 Å². The molecule has 0 saturated carbocycles. The zero-order chi connectivity index (χ0) is 20.4. The number of hydrogen-bond donors (Lipinski definition) is 1. The van der Waals surface area contributed by atoms with Crippen LogP contribution in [0.1, 0.15) is 42.2 Å². The summed E-state index contributed by atoms with van der Waals surface area (Å²) in [7, 11) is 0. The van der Waals surface area contributed by atoms with Gasteiger partial charge in [0.2, 0.25) is 11.6 Å². The average Bonchev–Trinajstić information content (AvgIpc) is 2.82. The molecule has 0 bridgehead atoms. The predicted molar refractivity (Wildman–Crippen MR) is 95.3 cm³/mol. The Hall–Kier alpha value is -2.60. The molecule has 1 atom stereocenters. The number of nitriles is 1. The molecule has 0 saturated heterocycles. The zero-order valence-corrected chi connectivity index (χ0v) is 15.7. The number of aryl methyl sites for hydroxylation is 1. The van der Waals surface area contributed by atoms with Gasteiger partial charge < -0.3 is 10.1 Å². The molecule has 0 fully saturated rings. The first-order valence-corrected chi connectivity index (χ1v) is 9.50. The summed E-state index contributed by atoms with van der Waals surface area (Å²) < 4.78 is 58.9. The third kappa shape index (κ3) is 3.83. The van der Waals surface area contributed by atoms with Crippen LogP contribution in [0.3, 0.4) is 0 Å². The van der Waals surface area contributed by atoms with E-state index in [1.807, 2.05) is 0 Å². The highest BCUT2D eigenvalue weighted by atomic mass is 32.1. The number of amides is 1. The van der Waals surface area contributed by atoms with Gasteiger partial charge in [-0.05, 0) is 38.2 Å². The minimum absolute atomic E-state index is 0.0558. The van der Waals surface area contributed by atoms with Crippen LogP contribution in [-0.4, -0.2) is 12.0 Å². The molecule has 1 aliphatic rings. The molecule has 3 rings (SSSR count). The molecular formula is C19H16F4N2O2S. The van der Waals surface area contributed by atoms with E-state index in [0.29, 0.717) is 10.6 Å². The third-order valence-electron chi connectivity index (χ3n) is 4.51. The van der Waals surface area contributed by atoms with E-state index in [1.54, 1.807) is 0 Å². The number of carbonyl (C=O) groups is 1. The smallest absolute Gasteiger partial charge is 0.265 e. The first kappa shape index (κ1) is 20.1. The van der Waals surface area contributed by atoms with Crippen molar-refractivity contribution in [1.29, 1.82) is 5.26 Å². The van der Waals surface area contributed by atoms with Gasteiger partial charge >= 0.3 is 0 Å². The van der Waals surface area contributed by atoms with E-state index in [2.05, 4.69) is 11.4 Å². The molecule has 1 amide bonds. The summed E-state index contributed by atoms with van der Waals surface area (Å²) in [5.41, 5.74) is 1.29. The van der Waals surface area contributed by atoms with Crippen molar-refractivity contribution in [2.24, 2.45) is 0 Å². The number of rotatable bonds is 4. The highest BCUT2D eigenvalue weighted by molar-refractivity contribution is 7.16. The SMILES string of the molecule is C[C@H](Oc1c(F)c(F)cc(F)c1F)C(=O)Nc1sc2c(c1C#N)CCCCC2. The zero-order valence-electron chi connectivity index (χ0n) is 14.9. The lowest BCUT2D eigenvalue weighted by Crippen LogP contribution is -2.31. The normalized spacial score (nSPS) is 14.6. The minimum Gasteiger partial charge on any atom is -0.475 e. The first-order valence-electron chi connectivity index (χ1n) is 8.68. The van der Waals surface area contributed by atoms with Crippen molar-refractivity contribution < 1.29 is 27.1 Å². The monoisotopic (exact) mass is 412 g/mol. The summed E-state index contributed by atoms with van der Waals surface area (Å²) in [6.07, 6.45) is 3.12. The molecule has 0 spiro atoms. The van der Waals surface area contributed by atoms with E-state index in [-0.39, 0.29) is 6.07 Å². The Labute approximate surface area is 162 Å². The molecule has 2 aromatic rings. The number of carbonyl (C=O) groups excluding carboxylic acids is 1. The summed E-state index contributed by atoms with van der Waals surface area (Å²) >= 11 is 1.28. The number of anilines is 1. The summed E-state index contributed by atoms with van der Waals surface area (Å²) in [4.78, 5) is 13.4. The molecule has 0 aliphatic heterocycles. The maximum absolute atomic E-state index is 13.7. The van der Waals surface area contributed by atoms with E-state index in [4.69, 9.17) is 4.74 Å². The van der Waals surface area contributed by atoms with Gasteiger partial charge in [-0.15, -0.1) is 11.3 Å². The molecule has 148 valence electrons. The van der Waals surface area contributed by atoms with Crippen LogP contribution in [0.25, 0.3) is 0 Å². The van der Waals surface area contributed by atoms with Crippen molar-refractivity contribution in [3.63, 3.8) is 0 Å². The maximum Gasteiger partial charge on any atom is 0.265 e. The standard InChI is InChI=1S/C19H16F4N2O2S/c1-9(27-17-15(22)12(20)7-13(21)16(17)23)18(26)25-19-11(8-24)10-5-3-2-4-6-14(10)28-19/h7,9H,2-6H2,1H3,(H,25,26)/t9-/m0/s1. The molecule has 4 nitrogen and oxygen atoms in total. The molecule has 28 heavy (non-hydrogen) atoms. The summed E-state index contributed by atoms with van der Waals surface area (Å²) in [6.45, 7) is 1.18. The van der Waals surface area contributed by atoms with Gasteiger partial charge in [-0.2, -0.15) is 14.0 Å². The van der Waals surface area contributed by atoms with Gasteiger partial charge in [-0.3, -0.25) is 4.79 Å². The van der Waals surface area contributed by atoms with E-state index < -0.39 is 41.0 Å².